The fraction of sp³-hybridized carbons (Fsp3) is 0.0870. The lowest BCUT2D eigenvalue weighted by molar-refractivity contribution is -0.120. The van der Waals surface area contributed by atoms with E-state index in [1.807, 2.05) is 6.07 Å². The molecule has 3 amide bonds. The van der Waals surface area contributed by atoms with Gasteiger partial charge in [-0.15, -0.1) is 11.3 Å². The Balaban J connectivity index is 1.27. The second-order valence-corrected chi connectivity index (χ2v) is 7.78. The number of rotatable bonds is 8. The van der Waals surface area contributed by atoms with E-state index in [2.05, 4.69) is 25.9 Å². The van der Waals surface area contributed by atoms with Gasteiger partial charge in [0.1, 0.15) is 0 Å². The van der Waals surface area contributed by atoms with Crippen LogP contribution < -0.4 is 16.0 Å². The van der Waals surface area contributed by atoms with Crippen molar-refractivity contribution in [3.8, 4) is 0 Å². The quantitative estimate of drug-likeness (QED) is 0.369. The highest BCUT2D eigenvalue weighted by Crippen LogP contribution is 2.17. The summed E-state index contributed by atoms with van der Waals surface area (Å²) in [4.78, 5) is 44.8. The van der Waals surface area contributed by atoms with Crippen LogP contribution in [0.5, 0.6) is 0 Å². The van der Waals surface area contributed by atoms with Gasteiger partial charge in [0.2, 0.25) is 5.91 Å². The maximum absolute atomic E-state index is 12.3. The Labute approximate surface area is 192 Å². The number of carbonyl (C=O) groups excluding carboxylic acids is 3. The van der Waals surface area contributed by atoms with Gasteiger partial charge in [-0.05, 0) is 42.0 Å². The number of carbonyl (C=O) groups is 3. The summed E-state index contributed by atoms with van der Waals surface area (Å²) in [5, 5.41) is 10.4. The van der Waals surface area contributed by atoms with Gasteiger partial charge in [-0.25, -0.2) is 4.98 Å². The van der Waals surface area contributed by atoms with Crippen LogP contribution in [0, 0.1) is 0 Å². The Morgan fingerprint density at radius 2 is 1.82 bits per heavy atom. The first-order chi connectivity index (χ1) is 16.1. The molecule has 0 aliphatic carbocycles. The highest BCUT2D eigenvalue weighted by molar-refractivity contribution is 7.14. The minimum Gasteiger partial charge on any atom is -0.459 e. The monoisotopic (exact) mass is 461 g/mol. The number of benzene rings is 1. The third-order valence-corrected chi connectivity index (χ3v) is 5.28. The number of furan rings is 1. The van der Waals surface area contributed by atoms with Crippen LogP contribution >= 0.6 is 11.3 Å². The van der Waals surface area contributed by atoms with Crippen LogP contribution in [0.2, 0.25) is 0 Å². The van der Waals surface area contributed by atoms with Gasteiger partial charge in [-0.3, -0.25) is 24.7 Å². The smallest absolute Gasteiger partial charge is 0.293 e. The SMILES string of the molecule is O=C(Cc1csc(NC(=O)c2ccco2)n1)NCc1cccc(NC(=O)c2ccncc2)c1. The van der Waals surface area contributed by atoms with Crippen molar-refractivity contribution < 1.29 is 18.8 Å². The summed E-state index contributed by atoms with van der Waals surface area (Å²) < 4.78 is 5.04. The number of pyridine rings is 1. The Kier molecular flexibility index (Phi) is 6.86. The number of nitrogens with zero attached hydrogens (tertiary/aromatic N) is 2. The molecule has 0 aliphatic heterocycles. The molecular formula is C23H19N5O4S. The molecule has 0 unspecified atom stereocenters. The number of aromatic nitrogens is 2. The zero-order chi connectivity index (χ0) is 23.0. The average molecular weight is 462 g/mol. The Bertz CT molecular complexity index is 1250. The van der Waals surface area contributed by atoms with Crippen LogP contribution in [-0.2, 0) is 17.8 Å². The van der Waals surface area contributed by atoms with Gasteiger partial charge < -0.3 is 15.1 Å². The summed E-state index contributed by atoms with van der Waals surface area (Å²) in [6.45, 7) is 0.296. The molecule has 0 bridgehead atoms. The first kappa shape index (κ1) is 21.9. The van der Waals surface area contributed by atoms with Gasteiger partial charge in [0.25, 0.3) is 11.8 Å². The Morgan fingerprint density at radius 3 is 2.61 bits per heavy atom. The third kappa shape index (κ3) is 6.11. The van der Waals surface area contributed by atoms with Gasteiger partial charge in [0.15, 0.2) is 10.9 Å². The molecule has 3 heterocycles. The van der Waals surface area contributed by atoms with Gasteiger partial charge in [-0.1, -0.05) is 12.1 Å². The summed E-state index contributed by atoms with van der Waals surface area (Å²) in [5.41, 5.74) is 2.51. The van der Waals surface area contributed by atoms with Crippen LogP contribution in [-0.4, -0.2) is 27.7 Å². The first-order valence-corrected chi connectivity index (χ1v) is 10.8. The van der Waals surface area contributed by atoms with Crippen molar-refractivity contribution in [2.45, 2.75) is 13.0 Å². The van der Waals surface area contributed by atoms with Crippen LogP contribution in [0.4, 0.5) is 10.8 Å². The molecule has 4 rings (SSSR count). The highest BCUT2D eigenvalue weighted by atomic mass is 32.1. The molecule has 0 aliphatic rings. The van der Waals surface area contributed by atoms with E-state index < -0.39 is 5.91 Å². The predicted octanol–water partition coefficient (Wildman–Crippen LogP) is 3.49. The third-order valence-electron chi connectivity index (χ3n) is 4.48. The van der Waals surface area contributed by atoms with Crippen molar-refractivity contribution in [1.29, 1.82) is 0 Å². The number of thiazole rings is 1. The molecule has 0 fully saturated rings. The zero-order valence-electron chi connectivity index (χ0n) is 17.3. The van der Waals surface area contributed by atoms with Crippen molar-refractivity contribution in [3.05, 3.63) is 95.1 Å². The van der Waals surface area contributed by atoms with Crippen LogP contribution in [0.1, 0.15) is 32.2 Å². The predicted molar refractivity (Wildman–Crippen MR) is 123 cm³/mol. The minimum atomic E-state index is -0.402. The molecule has 33 heavy (non-hydrogen) atoms. The summed E-state index contributed by atoms with van der Waals surface area (Å²) in [6, 6.07) is 13.7. The normalized spacial score (nSPS) is 10.4. The minimum absolute atomic E-state index is 0.0750. The lowest BCUT2D eigenvalue weighted by Gasteiger charge is -2.08. The van der Waals surface area contributed by atoms with Crippen LogP contribution in [0.15, 0.2) is 77.0 Å². The van der Waals surface area contributed by atoms with E-state index in [9.17, 15) is 14.4 Å². The van der Waals surface area contributed by atoms with E-state index in [1.165, 1.54) is 17.6 Å². The largest absolute Gasteiger partial charge is 0.459 e. The lowest BCUT2D eigenvalue weighted by atomic mass is 10.2. The summed E-state index contributed by atoms with van der Waals surface area (Å²) in [5.74, 6) is -0.669. The van der Waals surface area contributed by atoms with E-state index in [0.29, 0.717) is 28.6 Å². The summed E-state index contributed by atoms with van der Waals surface area (Å²) in [7, 11) is 0. The maximum atomic E-state index is 12.3. The molecule has 1 aromatic carbocycles. The van der Waals surface area contributed by atoms with Crippen LogP contribution in [0.3, 0.4) is 0 Å². The topological polar surface area (TPSA) is 126 Å². The molecule has 3 N–H and O–H groups in total. The second-order valence-electron chi connectivity index (χ2n) is 6.92. The fourth-order valence-electron chi connectivity index (χ4n) is 2.91. The molecule has 0 atom stereocenters. The number of anilines is 2. The standard InChI is InChI=1S/C23H19N5O4S/c29-20(12-18-14-33-23(27-18)28-22(31)19-5-2-10-32-19)25-13-15-3-1-4-17(11-15)26-21(30)16-6-8-24-9-7-16/h1-11,14H,12-13H2,(H,25,29)(H,26,30)(H,27,28,31). The first-order valence-electron chi connectivity index (χ1n) is 9.93. The average Bonchev–Trinajstić information content (AvgIpc) is 3.51. The second kappa shape index (κ2) is 10.3. The summed E-state index contributed by atoms with van der Waals surface area (Å²) in [6.07, 6.45) is 4.60. The summed E-state index contributed by atoms with van der Waals surface area (Å²) >= 11 is 1.23. The van der Waals surface area contributed by atoms with Gasteiger partial charge in [0.05, 0.1) is 18.4 Å². The van der Waals surface area contributed by atoms with Crippen LogP contribution in [0.25, 0.3) is 0 Å². The van der Waals surface area contributed by atoms with E-state index in [1.54, 1.807) is 60.2 Å². The molecule has 0 saturated carbocycles. The molecule has 10 heteroatoms. The number of hydrogen-bond donors (Lipinski definition) is 3. The molecule has 9 nitrogen and oxygen atoms in total. The molecular weight excluding hydrogens is 442 g/mol. The molecule has 166 valence electrons. The van der Waals surface area contributed by atoms with Gasteiger partial charge in [-0.2, -0.15) is 0 Å². The van der Waals surface area contributed by atoms with Gasteiger partial charge in [0, 0.05) is 35.6 Å². The number of amides is 3. The van der Waals surface area contributed by atoms with Crippen molar-refractivity contribution in [3.63, 3.8) is 0 Å². The van der Waals surface area contributed by atoms with Crippen molar-refractivity contribution in [1.82, 2.24) is 15.3 Å². The van der Waals surface area contributed by atoms with E-state index in [4.69, 9.17) is 4.42 Å². The highest BCUT2D eigenvalue weighted by Gasteiger charge is 2.13. The lowest BCUT2D eigenvalue weighted by Crippen LogP contribution is -2.24. The van der Waals surface area contributed by atoms with Crippen molar-refractivity contribution >= 4 is 39.9 Å². The van der Waals surface area contributed by atoms with Crippen molar-refractivity contribution in [2.24, 2.45) is 0 Å². The van der Waals surface area contributed by atoms with Crippen molar-refractivity contribution in [2.75, 3.05) is 10.6 Å². The molecule has 3 aromatic heterocycles. The van der Waals surface area contributed by atoms with E-state index in [0.717, 1.165) is 5.56 Å². The van der Waals surface area contributed by atoms with Gasteiger partial charge >= 0.3 is 0 Å². The van der Waals surface area contributed by atoms with E-state index >= 15 is 0 Å². The zero-order valence-corrected chi connectivity index (χ0v) is 18.1. The Hall–Kier alpha value is -4.31. The Morgan fingerprint density at radius 1 is 0.970 bits per heavy atom. The maximum Gasteiger partial charge on any atom is 0.293 e. The molecule has 0 spiro atoms. The number of hydrogen-bond acceptors (Lipinski definition) is 7. The molecule has 0 saturated heterocycles. The number of nitrogens with one attached hydrogen (secondary N) is 3. The van der Waals surface area contributed by atoms with E-state index in [-0.39, 0.29) is 24.0 Å². The molecule has 0 radical (unpaired) electrons. The molecule has 4 aromatic rings. The fourth-order valence-corrected chi connectivity index (χ4v) is 3.61.